The number of hydrogen-bond acceptors (Lipinski definition) is 4. The first kappa shape index (κ1) is 18.4. The molecule has 1 atom stereocenters. The summed E-state index contributed by atoms with van der Waals surface area (Å²) < 4.78 is 5.62. The van der Waals surface area contributed by atoms with E-state index < -0.39 is 5.38 Å². The minimum absolute atomic E-state index is 0.0133. The number of ether oxygens (including phenoxy) is 1. The van der Waals surface area contributed by atoms with Crippen molar-refractivity contribution in [3.63, 3.8) is 0 Å². The average molecular weight is 383 g/mol. The second kappa shape index (κ2) is 7.87. The lowest BCUT2D eigenvalue weighted by molar-refractivity contribution is -0.138. The normalized spacial score (nSPS) is 20.6. The van der Waals surface area contributed by atoms with Gasteiger partial charge in [-0.2, -0.15) is 0 Å². The maximum absolute atomic E-state index is 12.7. The van der Waals surface area contributed by atoms with E-state index in [9.17, 15) is 9.59 Å². The number of piperidine rings is 1. The van der Waals surface area contributed by atoms with E-state index in [1.54, 1.807) is 6.92 Å². The summed E-state index contributed by atoms with van der Waals surface area (Å²) in [6, 6.07) is 9.38. The summed E-state index contributed by atoms with van der Waals surface area (Å²) in [4.78, 5) is 28.3. The summed E-state index contributed by atoms with van der Waals surface area (Å²) in [5.74, 6) is 1.62. The van der Waals surface area contributed by atoms with Crippen LogP contribution < -0.4 is 4.74 Å². The van der Waals surface area contributed by atoms with Crippen molar-refractivity contribution in [1.29, 1.82) is 0 Å². The van der Waals surface area contributed by atoms with E-state index in [-0.39, 0.29) is 23.3 Å². The highest BCUT2D eigenvalue weighted by Crippen LogP contribution is 2.44. The van der Waals surface area contributed by atoms with Crippen LogP contribution >= 0.6 is 23.4 Å². The molecule has 1 aromatic rings. The van der Waals surface area contributed by atoms with Crippen LogP contribution in [0.5, 0.6) is 5.75 Å². The summed E-state index contributed by atoms with van der Waals surface area (Å²) in [5, 5.41) is -0.498. The molecule has 1 aromatic carbocycles. The van der Waals surface area contributed by atoms with Crippen LogP contribution in [-0.2, 0) is 9.59 Å². The van der Waals surface area contributed by atoms with Crippen LogP contribution in [0.2, 0.25) is 0 Å². The van der Waals surface area contributed by atoms with E-state index in [1.165, 1.54) is 0 Å². The van der Waals surface area contributed by atoms with Gasteiger partial charge in [-0.1, -0.05) is 18.2 Å². The molecule has 0 aromatic heterocycles. The smallest absolute Gasteiger partial charge is 0.261 e. The van der Waals surface area contributed by atoms with Crippen molar-refractivity contribution < 1.29 is 14.3 Å². The maximum atomic E-state index is 12.7. The zero-order chi connectivity index (χ0) is 17.9. The number of thioether (sulfide) groups is 1. The molecule has 136 valence electrons. The standard InChI is InChI=1S/C18H23ClN2O3S/c1-14(19)17(23)20-9-7-18(8-10-20)21(11-12-25-18)16(22)13-24-15-5-3-2-4-6-15/h2-6,14H,7-13H2,1H3. The highest BCUT2D eigenvalue weighted by atomic mass is 35.5. The molecular formula is C18H23ClN2O3S. The van der Waals surface area contributed by atoms with Gasteiger partial charge in [0, 0.05) is 25.4 Å². The van der Waals surface area contributed by atoms with Crippen LogP contribution in [0.15, 0.2) is 30.3 Å². The van der Waals surface area contributed by atoms with Gasteiger partial charge in [-0.05, 0) is 31.9 Å². The molecule has 2 aliphatic heterocycles. The molecule has 0 saturated carbocycles. The van der Waals surface area contributed by atoms with E-state index in [0.717, 1.165) is 25.1 Å². The van der Waals surface area contributed by atoms with Crippen LogP contribution in [0.25, 0.3) is 0 Å². The second-order valence-corrected chi connectivity index (χ2v) is 8.49. The monoisotopic (exact) mass is 382 g/mol. The van der Waals surface area contributed by atoms with E-state index in [1.807, 2.05) is 51.9 Å². The number of carbonyl (C=O) groups is 2. The number of carbonyl (C=O) groups excluding carboxylic acids is 2. The molecule has 5 nitrogen and oxygen atoms in total. The summed E-state index contributed by atoms with van der Waals surface area (Å²) >= 11 is 7.74. The minimum Gasteiger partial charge on any atom is -0.484 e. The summed E-state index contributed by atoms with van der Waals surface area (Å²) in [6.45, 7) is 3.78. The fourth-order valence-corrected chi connectivity index (χ4v) is 5.05. The summed E-state index contributed by atoms with van der Waals surface area (Å²) in [5.41, 5.74) is 0. The number of nitrogens with zero attached hydrogens (tertiary/aromatic N) is 2. The highest BCUT2D eigenvalue weighted by Gasteiger charge is 2.47. The first-order chi connectivity index (χ1) is 12.0. The number of halogens is 1. The van der Waals surface area contributed by atoms with Crippen molar-refractivity contribution in [2.45, 2.75) is 30.0 Å². The lowest BCUT2D eigenvalue weighted by atomic mass is 10.0. The van der Waals surface area contributed by atoms with E-state index in [4.69, 9.17) is 16.3 Å². The number of amides is 2. The molecule has 2 aliphatic rings. The third kappa shape index (κ3) is 4.06. The number of alkyl halides is 1. The van der Waals surface area contributed by atoms with Gasteiger partial charge in [-0.3, -0.25) is 9.59 Å². The Morgan fingerprint density at radius 1 is 1.24 bits per heavy atom. The van der Waals surface area contributed by atoms with Gasteiger partial charge in [-0.25, -0.2) is 0 Å². The molecule has 2 amide bonds. The van der Waals surface area contributed by atoms with E-state index in [0.29, 0.717) is 18.8 Å². The molecular weight excluding hydrogens is 360 g/mol. The van der Waals surface area contributed by atoms with Crippen molar-refractivity contribution in [3.8, 4) is 5.75 Å². The highest BCUT2D eigenvalue weighted by molar-refractivity contribution is 8.00. The Kier molecular flexibility index (Phi) is 5.79. The molecule has 0 aliphatic carbocycles. The molecule has 0 N–H and O–H groups in total. The topological polar surface area (TPSA) is 49.9 Å². The van der Waals surface area contributed by atoms with Gasteiger partial charge in [0.15, 0.2) is 6.61 Å². The fourth-order valence-electron chi connectivity index (χ4n) is 3.44. The zero-order valence-corrected chi connectivity index (χ0v) is 15.9. The van der Waals surface area contributed by atoms with Gasteiger partial charge in [0.05, 0.1) is 4.87 Å². The van der Waals surface area contributed by atoms with Crippen molar-refractivity contribution in [2.24, 2.45) is 0 Å². The Hall–Kier alpha value is -1.40. The van der Waals surface area contributed by atoms with Gasteiger partial charge in [0.25, 0.3) is 5.91 Å². The Morgan fingerprint density at radius 3 is 2.56 bits per heavy atom. The Labute approximate surface area is 157 Å². The zero-order valence-electron chi connectivity index (χ0n) is 14.3. The SMILES string of the molecule is CC(Cl)C(=O)N1CCC2(CC1)SCCN2C(=O)COc1ccccc1. The first-order valence-corrected chi connectivity index (χ1v) is 9.99. The van der Waals surface area contributed by atoms with Gasteiger partial charge in [-0.15, -0.1) is 23.4 Å². The lowest BCUT2D eigenvalue weighted by Gasteiger charge is -2.44. The molecule has 25 heavy (non-hydrogen) atoms. The number of para-hydroxylation sites is 1. The van der Waals surface area contributed by atoms with Crippen molar-refractivity contribution in [3.05, 3.63) is 30.3 Å². The molecule has 1 unspecified atom stereocenters. The number of hydrogen-bond donors (Lipinski definition) is 0. The van der Waals surface area contributed by atoms with Crippen molar-refractivity contribution in [1.82, 2.24) is 9.80 Å². The first-order valence-electron chi connectivity index (χ1n) is 8.57. The number of likely N-dealkylation sites (tertiary alicyclic amines) is 1. The van der Waals surface area contributed by atoms with Crippen LogP contribution in [0, 0.1) is 0 Å². The van der Waals surface area contributed by atoms with Crippen LogP contribution in [0.3, 0.4) is 0 Å². The Bertz CT molecular complexity index is 618. The predicted molar refractivity (Wildman–Crippen MR) is 100.0 cm³/mol. The minimum atomic E-state index is -0.498. The molecule has 0 radical (unpaired) electrons. The maximum Gasteiger partial charge on any atom is 0.261 e. The Morgan fingerprint density at radius 2 is 1.92 bits per heavy atom. The molecule has 3 rings (SSSR count). The van der Waals surface area contributed by atoms with Crippen LogP contribution in [0.1, 0.15) is 19.8 Å². The third-order valence-corrected chi connectivity index (χ3v) is 6.52. The largest absolute Gasteiger partial charge is 0.484 e. The molecule has 1 spiro atoms. The lowest BCUT2D eigenvalue weighted by Crippen LogP contribution is -2.55. The third-order valence-electron chi connectivity index (χ3n) is 4.78. The van der Waals surface area contributed by atoms with Crippen molar-refractivity contribution in [2.75, 3.05) is 32.0 Å². The molecule has 2 saturated heterocycles. The predicted octanol–water partition coefficient (Wildman–Crippen LogP) is 2.59. The Balaban J connectivity index is 1.59. The summed E-state index contributed by atoms with van der Waals surface area (Å²) in [7, 11) is 0. The summed E-state index contributed by atoms with van der Waals surface area (Å²) in [6.07, 6.45) is 1.56. The second-order valence-electron chi connectivity index (χ2n) is 6.38. The quantitative estimate of drug-likeness (QED) is 0.751. The van der Waals surface area contributed by atoms with Crippen molar-refractivity contribution >= 4 is 35.2 Å². The number of rotatable bonds is 4. The van der Waals surface area contributed by atoms with Gasteiger partial charge in [0.2, 0.25) is 5.91 Å². The molecule has 0 bridgehead atoms. The van der Waals surface area contributed by atoms with Gasteiger partial charge >= 0.3 is 0 Å². The van der Waals surface area contributed by atoms with Gasteiger partial charge in [0.1, 0.15) is 11.1 Å². The average Bonchev–Trinajstić information content (AvgIpc) is 3.03. The van der Waals surface area contributed by atoms with Gasteiger partial charge < -0.3 is 14.5 Å². The van der Waals surface area contributed by atoms with E-state index in [2.05, 4.69) is 0 Å². The molecule has 2 fully saturated rings. The fraction of sp³-hybridized carbons (Fsp3) is 0.556. The van der Waals surface area contributed by atoms with Crippen LogP contribution in [-0.4, -0.2) is 63.9 Å². The molecule has 7 heteroatoms. The molecule has 2 heterocycles. The van der Waals surface area contributed by atoms with E-state index >= 15 is 0 Å². The number of benzene rings is 1. The van der Waals surface area contributed by atoms with Crippen LogP contribution in [0.4, 0.5) is 0 Å².